The summed E-state index contributed by atoms with van der Waals surface area (Å²) in [5.74, 6) is -1.13. The number of aromatic hydroxyl groups is 2. The van der Waals surface area contributed by atoms with Crippen LogP contribution in [-0.4, -0.2) is 21.0 Å². The maximum atomic E-state index is 13.8. The first-order valence-corrected chi connectivity index (χ1v) is 10.7. The quantitative estimate of drug-likeness (QED) is 0.409. The second-order valence-corrected chi connectivity index (χ2v) is 8.16. The van der Waals surface area contributed by atoms with Crippen LogP contribution in [0.4, 0.5) is 8.78 Å². The van der Waals surface area contributed by atoms with Crippen molar-refractivity contribution in [1.82, 2.24) is 4.90 Å². The summed E-state index contributed by atoms with van der Waals surface area (Å²) in [7, 11) is 0. The molecule has 0 aromatic heterocycles. The van der Waals surface area contributed by atoms with Gasteiger partial charge in [0.2, 0.25) is 5.91 Å². The van der Waals surface area contributed by atoms with Crippen LogP contribution in [0.5, 0.6) is 11.5 Å². The monoisotopic (exact) mass is 445 g/mol. The molecule has 5 rings (SSSR count). The van der Waals surface area contributed by atoms with Crippen LogP contribution in [0.15, 0.2) is 72.8 Å². The van der Waals surface area contributed by atoms with Gasteiger partial charge in [-0.25, -0.2) is 8.78 Å². The zero-order chi connectivity index (χ0) is 23.3. The number of nitrogens with zero attached hydrogens (tertiary/aromatic N) is 1. The Morgan fingerprint density at radius 3 is 1.58 bits per heavy atom. The fourth-order valence-electron chi connectivity index (χ4n) is 4.85. The Bertz CT molecular complexity index is 1270. The highest BCUT2D eigenvalue weighted by atomic mass is 19.1. The second kappa shape index (κ2) is 7.89. The van der Waals surface area contributed by atoms with E-state index in [9.17, 15) is 23.8 Å². The number of rotatable bonds is 3. The molecule has 2 unspecified atom stereocenters. The number of phenols is 2. The lowest BCUT2D eigenvalue weighted by Gasteiger charge is -2.44. The van der Waals surface area contributed by atoms with E-state index < -0.39 is 23.7 Å². The summed E-state index contributed by atoms with van der Waals surface area (Å²) in [6.45, 7) is 1.73. The Labute approximate surface area is 189 Å². The van der Waals surface area contributed by atoms with Gasteiger partial charge in [0.25, 0.3) is 0 Å². The highest BCUT2D eigenvalue weighted by molar-refractivity contribution is 5.96. The molecule has 4 aromatic carbocycles. The average molecular weight is 445 g/mol. The lowest BCUT2D eigenvalue weighted by atomic mass is 9.79. The number of benzene rings is 4. The van der Waals surface area contributed by atoms with Crippen molar-refractivity contribution in [3.63, 3.8) is 0 Å². The summed E-state index contributed by atoms with van der Waals surface area (Å²) in [5, 5.41) is 23.3. The highest BCUT2D eigenvalue weighted by Crippen LogP contribution is 2.53. The van der Waals surface area contributed by atoms with Crippen LogP contribution in [0.3, 0.4) is 0 Å². The summed E-state index contributed by atoms with van der Waals surface area (Å²) < 4.78 is 27.5. The molecule has 0 spiro atoms. The van der Waals surface area contributed by atoms with Gasteiger partial charge in [-0.15, -0.1) is 0 Å². The maximum Gasteiger partial charge on any atom is 0.223 e. The largest absolute Gasteiger partial charge is 0.508 e. The SMILES string of the molecule is CCC(=O)N1C(c2ccc(F)cc2)c2c(O)ccc3ccc(O)c(c23)C1c1ccc(F)cc1. The summed E-state index contributed by atoms with van der Waals surface area (Å²) in [5.41, 5.74) is 2.15. The van der Waals surface area contributed by atoms with Gasteiger partial charge >= 0.3 is 0 Å². The topological polar surface area (TPSA) is 60.8 Å². The molecule has 1 amide bonds. The molecule has 0 radical (unpaired) electrons. The van der Waals surface area contributed by atoms with Gasteiger partial charge in [-0.05, 0) is 52.9 Å². The van der Waals surface area contributed by atoms with Crippen LogP contribution in [-0.2, 0) is 4.79 Å². The number of hydrogen-bond donors (Lipinski definition) is 2. The van der Waals surface area contributed by atoms with E-state index in [2.05, 4.69) is 0 Å². The Hall–Kier alpha value is -3.93. The van der Waals surface area contributed by atoms with Crippen molar-refractivity contribution in [2.45, 2.75) is 25.4 Å². The summed E-state index contributed by atoms with van der Waals surface area (Å²) >= 11 is 0. The minimum atomic E-state index is -0.744. The molecule has 0 fully saturated rings. The first-order valence-electron chi connectivity index (χ1n) is 10.7. The van der Waals surface area contributed by atoms with Crippen LogP contribution in [0.2, 0.25) is 0 Å². The van der Waals surface area contributed by atoms with Gasteiger partial charge in [0.05, 0.1) is 12.1 Å². The van der Waals surface area contributed by atoms with E-state index in [1.807, 2.05) is 0 Å². The molecule has 1 heterocycles. The van der Waals surface area contributed by atoms with Crippen molar-refractivity contribution in [2.24, 2.45) is 0 Å². The molecule has 166 valence electrons. The van der Waals surface area contributed by atoms with Crippen molar-refractivity contribution >= 4 is 16.7 Å². The van der Waals surface area contributed by atoms with Crippen molar-refractivity contribution in [3.05, 3.63) is 107 Å². The van der Waals surface area contributed by atoms with E-state index >= 15 is 0 Å². The Morgan fingerprint density at radius 2 is 1.18 bits per heavy atom. The fourth-order valence-corrected chi connectivity index (χ4v) is 4.85. The third kappa shape index (κ3) is 3.30. The number of phenolic OH excluding ortho intramolecular Hbond substituents is 2. The van der Waals surface area contributed by atoms with E-state index in [1.165, 1.54) is 24.3 Å². The molecule has 0 saturated heterocycles. The smallest absolute Gasteiger partial charge is 0.223 e. The molecule has 1 aliphatic rings. The van der Waals surface area contributed by atoms with Gasteiger partial charge in [-0.1, -0.05) is 43.3 Å². The highest BCUT2D eigenvalue weighted by Gasteiger charge is 2.42. The molecule has 1 aliphatic heterocycles. The van der Waals surface area contributed by atoms with Gasteiger partial charge in [-0.2, -0.15) is 0 Å². The predicted molar refractivity (Wildman–Crippen MR) is 121 cm³/mol. The molecule has 0 bridgehead atoms. The normalized spacial score (nSPS) is 17.4. The van der Waals surface area contributed by atoms with Crippen LogP contribution in [0, 0.1) is 11.6 Å². The van der Waals surface area contributed by atoms with E-state index in [0.717, 1.165) is 5.39 Å². The molecule has 0 aliphatic carbocycles. The fraction of sp³-hybridized carbons (Fsp3) is 0.148. The number of hydrogen-bond acceptors (Lipinski definition) is 3. The van der Waals surface area contributed by atoms with Gasteiger partial charge in [0, 0.05) is 22.9 Å². The molecule has 0 saturated carbocycles. The van der Waals surface area contributed by atoms with E-state index in [1.54, 1.807) is 60.4 Å². The summed E-state index contributed by atoms with van der Waals surface area (Å²) in [4.78, 5) is 15.0. The van der Waals surface area contributed by atoms with Crippen molar-refractivity contribution in [3.8, 4) is 11.5 Å². The van der Waals surface area contributed by atoms with E-state index in [0.29, 0.717) is 27.6 Å². The Balaban J connectivity index is 1.92. The Kier molecular flexibility index (Phi) is 5.01. The number of amides is 1. The lowest BCUT2D eigenvalue weighted by molar-refractivity contribution is -0.134. The zero-order valence-electron chi connectivity index (χ0n) is 17.8. The average Bonchev–Trinajstić information content (AvgIpc) is 2.82. The third-order valence-electron chi connectivity index (χ3n) is 6.29. The van der Waals surface area contributed by atoms with Gasteiger partial charge in [0.15, 0.2) is 0 Å². The first-order chi connectivity index (χ1) is 15.9. The predicted octanol–water partition coefficient (Wildman–Crippen LogP) is 5.96. The standard InChI is InChI=1S/C27H21F2NO3/c1-2-22(33)30-26(16-3-9-18(28)10-4-16)24-20(31)13-7-15-8-14-21(32)25(23(15)24)27(30)17-5-11-19(29)12-6-17/h3-14,26-27,31-32H,2H2,1H3. The zero-order valence-corrected chi connectivity index (χ0v) is 17.8. The molecule has 33 heavy (non-hydrogen) atoms. The third-order valence-corrected chi connectivity index (χ3v) is 6.29. The van der Waals surface area contributed by atoms with Crippen LogP contribution >= 0.6 is 0 Å². The van der Waals surface area contributed by atoms with E-state index in [4.69, 9.17) is 0 Å². The van der Waals surface area contributed by atoms with Crippen molar-refractivity contribution < 1.29 is 23.8 Å². The first kappa shape index (κ1) is 20.9. The van der Waals surface area contributed by atoms with Gasteiger partial charge < -0.3 is 15.1 Å². The number of carbonyl (C=O) groups excluding carboxylic acids is 1. The number of carbonyl (C=O) groups is 1. The molecular formula is C27H21F2NO3. The van der Waals surface area contributed by atoms with E-state index in [-0.39, 0.29) is 23.8 Å². The minimum Gasteiger partial charge on any atom is -0.508 e. The second-order valence-electron chi connectivity index (χ2n) is 8.16. The molecule has 4 nitrogen and oxygen atoms in total. The van der Waals surface area contributed by atoms with Gasteiger partial charge in [-0.3, -0.25) is 4.79 Å². The van der Waals surface area contributed by atoms with Gasteiger partial charge in [0.1, 0.15) is 23.1 Å². The van der Waals surface area contributed by atoms with Crippen molar-refractivity contribution in [2.75, 3.05) is 0 Å². The molecule has 2 atom stereocenters. The lowest BCUT2D eigenvalue weighted by Crippen LogP contribution is -2.41. The molecule has 6 heteroatoms. The summed E-state index contributed by atoms with van der Waals surface area (Å²) in [6, 6.07) is 16.7. The Morgan fingerprint density at radius 1 is 0.758 bits per heavy atom. The minimum absolute atomic E-state index is 0.0323. The molecule has 2 N–H and O–H groups in total. The van der Waals surface area contributed by atoms with Crippen LogP contribution < -0.4 is 0 Å². The molecule has 4 aromatic rings. The maximum absolute atomic E-state index is 13.8. The van der Waals surface area contributed by atoms with Crippen LogP contribution in [0.1, 0.15) is 47.7 Å². The summed E-state index contributed by atoms with van der Waals surface area (Å²) in [6.07, 6.45) is 0.162. The van der Waals surface area contributed by atoms with Crippen molar-refractivity contribution in [1.29, 1.82) is 0 Å². The molecular weight excluding hydrogens is 424 g/mol. The van der Waals surface area contributed by atoms with Crippen LogP contribution in [0.25, 0.3) is 10.8 Å². The number of halogens is 2.